The van der Waals surface area contributed by atoms with Crippen LogP contribution in [0.15, 0.2) is 66.7 Å². The standard InChI is InChI=1S/C31H31ClFNO2/c32-29-8-2-1-6-27(29)28-7-3-5-24-18-25(31(35)36)13-14-26(24)30(28)23-11-9-21(10-12-23)17-22-19-34(20-22)16-4-15-33/h1-2,6,8-14,18,22H,3-5,7,15-17,19-20H2,(H,35,36). The van der Waals surface area contributed by atoms with E-state index in [4.69, 9.17) is 11.6 Å². The van der Waals surface area contributed by atoms with E-state index in [0.717, 1.165) is 78.2 Å². The molecule has 1 aliphatic carbocycles. The van der Waals surface area contributed by atoms with Crippen molar-refractivity contribution in [1.29, 1.82) is 0 Å². The zero-order valence-electron chi connectivity index (χ0n) is 20.4. The molecule has 1 aliphatic heterocycles. The van der Waals surface area contributed by atoms with Crippen molar-refractivity contribution in [2.24, 2.45) is 5.92 Å². The lowest BCUT2D eigenvalue weighted by Gasteiger charge is -2.39. The minimum Gasteiger partial charge on any atom is -0.478 e. The summed E-state index contributed by atoms with van der Waals surface area (Å²) in [6, 6.07) is 22.3. The zero-order valence-corrected chi connectivity index (χ0v) is 21.1. The second kappa shape index (κ2) is 11.0. The maximum Gasteiger partial charge on any atom is 0.335 e. The Kier molecular flexibility index (Phi) is 7.54. The van der Waals surface area contributed by atoms with Gasteiger partial charge < -0.3 is 10.0 Å². The Labute approximate surface area is 217 Å². The molecule has 1 heterocycles. The number of fused-ring (bicyclic) bond motifs is 1. The van der Waals surface area contributed by atoms with Crippen LogP contribution in [-0.2, 0) is 12.8 Å². The number of hydrogen-bond acceptors (Lipinski definition) is 2. The van der Waals surface area contributed by atoms with Gasteiger partial charge in [0.15, 0.2) is 0 Å². The van der Waals surface area contributed by atoms with Crippen molar-refractivity contribution in [3.63, 3.8) is 0 Å². The molecule has 0 bridgehead atoms. The highest BCUT2D eigenvalue weighted by Gasteiger charge is 2.26. The molecule has 5 heteroatoms. The minimum absolute atomic E-state index is 0.241. The third kappa shape index (κ3) is 5.25. The minimum atomic E-state index is -0.900. The highest BCUT2D eigenvalue weighted by atomic mass is 35.5. The van der Waals surface area contributed by atoms with Crippen LogP contribution in [0.25, 0.3) is 11.1 Å². The third-order valence-corrected chi connectivity index (χ3v) is 7.73. The summed E-state index contributed by atoms with van der Waals surface area (Å²) in [6.07, 6.45) is 4.28. The zero-order chi connectivity index (χ0) is 25.1. The lowest BCUT2D eigenvalue weighted by atomic mass is 9.86. The molecule has 1 N–H and O–H groups in total. The average molecular weight is 504 g/mol. The molecule has 3 aromatic carbocycles. The first-order chi connectivity index (χ1) is 17.5. The van der Waals surface area contributed by atoms with Gasteiger partial charge in [-0.05, 0) is 95.2 Å². The number of allylic oxidation sites excluding steroid dienone is 1. The number of carbonyl (C=O) groups is 1. The Bertz CT molecular complexity index is 1280. The van der Waals surface area contributed by atoms with Crippen LogP contribution in [0.3, 0.4) is 0 Å². The molecule has 2 aliphatic rings. The van der Waals surface area contributed by atoms with Gasteiger partial charge in [-0.2, -0.15) is 0 Å². The molecule has 0 spiro atoms. The summed E-state index contributed by atoms with van der Waals surface area (Å²) < 4.78 is 12.4. The van der Waals surface area contributed by atoms with Crippen molar-refractivity contribution in [3.05, 3.63) is 105 Å². The number of likely N-dealkylation sites (tertiary alicyclic amines) is 1. The molecular formula is C31H31ClFNO2. The van der Waals surface area contributed by atoms with Gasteiger partial charge in [-0.25, -0.2) is 4.79 Å². The lowest BCUT2D eigenvalue weighted by Crippen LogP contribution is -2.47. The fourth-order valence-corrected chi connectivity index (χ4v) is 5.89. The van der Waals surface area contributed by atoms with Gasteiger partial charge in [-0.15, -0.1) is 0 Å². The summed E-state index contributed by atoms with van der Waals surface area (Å²) in [5, 5.41) is 10.3. The molecule has 0 radical (unpaired) electrons. The second-order valence-corrected chi connectivity index (χ2v) is 10.3. The number of rotatable bonds is 8. The van der Waals surface area contributed by atoms with Crippen LogP contribution in [0.5, 0.6) is 0 Å². The van der Waals surface area contributed by atoms with Crippen LogP contribution in [-0.4, -0.2) is 42.3 Å². The van der Waals surface area contributed by atoms with E-state index in [1.54, 1.807) is 6.07 Å². The van der Waals surface area contributed by atoms with Gasteiger partial charge in [-0.3, -0.25) is 4.39 Å². The van der Waals surface area contributed by atoms with E-state index < -0.39 is 5.97 Å². The van der Waals surface area contributed by atoms with Gasteiger partial charge in [0.1, 0.15) is 0 Å². The van der Waals surface area contributed by atoms with E-state index >= 15 is 0 Å². The summed E-state index contributed by atoms with van der Waals surface area (Å²) in [7, 11) is 0. The van der Waals surface area contributed by atoms with Crippen LogP contribution in [0, 0.1) is 5.92 Å². The first-order valence-electron chi connectivity index (χ1n) is 12.8. The van der Waals surface area contributed by atoms with Gasteiger partial charge in [0.05, 0.1) is 12.2 Å². The highest BCUT2D eigenvalue weighted by Crippen LogP contribution is 2.42. The number of halogens is 2. The number of hydrogen-bond donors (Lipinski definition) is 1. The topological polar surface area (TPSA) is 40.5 Å². The number of nitrogens with zero attached hydrogens (tertiary/aromatic N) is 1. The van der Waals surface area contributed by atoms with Crippen molar-refractivity contribution in [1.82, 2.24) is 4.90 Å². The summed E-state index contributed by atoms with van der Waals surface area (Å²) in [4.78, 5) is 14.0. The smallest absolute Gasteiger partial charge is 0.335 e. The van der Waals surface area contributed by atoms with Gasteiger partial charge >= 0.3 is 5.97 Å². The van der Waals surface area contributed by atoms with Crippen molar-refractivity contribution in [2.45, 2.75) is 32.1 Å². The molecule has 0 atom stereocenters. The molecule has 0 amide bonds. The van der Waals surface area contributed by atoms with Crippen LogP contribution in [0.1, 0.15) is 57.4 Å². The van der Waals surface area contributed by atoms with Crippen molar-refractivity contribution in [3.8, 4) is 0 Å². The molecule has 36 heavy (non-hydrogen) atoms. The van der Waals surface area contributed by atoms with Crippen LogP contribution < -0.4 is 0 Å². The van der Waals surface area contributed by atoms with Gasteiger partial charge in [-0.1, -0.05) is 60.1 Å². The maximum atomic E-state index is 12.4. The van der Waals surface area contributed by atoms with Crippen molar-refractivity contribution >= 4 is 28.7 Å². The van der Waals surface area contributed by atoms with Crippen molar-refractivity contribution < 1.29 is 14.3 Å². The highest BCUT2D eigenvalue weighted by molar-refractivity contribution is 6.32. The van der Waals surface area contributed by atoms with E-state index in [0.29, 0.717) is 17.9 Å². The number of carboxylic acid groups (broad SMARTS) is 1. The second-order valence-electron chi connectivity index (χ2n) is 9.93. The van der Waals surface area contributed by atoms with Crippen LogP contribution in [0.2, 0.25) is 5.02 Å². The molecule has 0 unspecified atom stereocenters. The van der Waals surface area contributed by atoms with Gasteiger partial charge in [0.25, 0.3) is 0 Å². The first kappa shape index (κ1) is 24.7. The van der Waals surface area contributed by atoms with E-state index in [1.807, 2.05) is 30.3 Å². The molecule has 3 aromatic rings. The Morgan fingerprint density at radius 1 is 1.00 bits per heavy atom. The number of alkyl halides is 1. The molecule has 0 aromatic heterocycles. The van der Waals surface area contributed by atoms with Crippen LogP contribution in [0.4, 0.5) is 4.39 Å². The predicted octanol–water partition coefficient (Wildman–Crippen LogP) is 7.17. The first-order valence-corrected chi connectivity index (χ1v) is 13.1. The molecule has 1 saturated heterocycles. The molecule has 0 saturated carbocycles. The number of aromatic carboxylic acids is 1. The summed E-state index contributed by atoms with van der Waals surface area (Å²) >= 11 is 6.67. The monoisotopic (exact) mass is 503 g/mol. The molecule has 1 fully saturated rings. The molecule has 3 nitrogen and oxygen atoms in total. The van der Waals surface area contributed by atoms with Gasteiger partial charge in [0.2, 0.25) is 0 Å². The summed E-state index contributed by atoms with van der Waals surface area (Å²) in [6.45, 7) is 2.70. The normalized spacial score (nSPS) is 16.4. The quantitative estimate of drug-likeness (QED) is 0.354. The van der Waals surface area contributed by atoms with E-state index in [2.05, 4.69) is 35.2 Å². The summed E-state index contributed by atoms with van der Waals surface area (Å²) in [5.74, 6) is -0.274. The molecule has 5 rings (SSSR count). The largest absolute Gasteiger partial charge is 0.478 e. The third-order valence-electron chi connectivity index (χ3n) is 7.40. The van der Waals surface area contributed by atoms with E-state index in [-0.39, 0.29) is 6.67 Å². The fourth-order valence-electron chi connectivity index (χ4n) is 5.64. The fraction of sp³-hybridized carbons (Fsp3) is 0.323. The Hall–Kier alpha value is -2.95. The maximum absolute atomic E-state index is 12.4. The van der Waals surface area contributed by atoms with Gasteiger partial charge in [0, 0.05) is 24.7 Å². The number of benzene rings is 3. The summed E-state index contributed by atoms with van der Waals surface area (Å²) in [5.41, 5.74) is 8.29. The van der Waals surface area contributed by atoms with E-state index in [9.17, 15) is 14.3 Å². The lowest BCUT2D eigenvalue weighted by molar-refractivity contribution is 0.0696. The number of carboxylic acids is 1. The predicted molar refractivity (Wildman–Crippen MR) is 144 cm³/mol. The Balaban J connectivity index is 1.49. The average Bonchev–Trinajstić information content (AvgIpc) is 3.05. The Morgan fingerprint density at radius 2 is 1.78 bits per heavy atom. The SMILES string of the molecule is O=C(O)c1ccc2c(c1)CCCC(c1ccccc1Cl)=C2c1ccc(CC2CN(CCCF)C2)cc1. The molecule has 186 valence electrons. The van der Waals surface area contributed by atoms with E-state index in [1.165, 1.54) is 11.1 Å². The van der Waals surface area contributed by atoms with Crippen LogP contribution >= 0.6 is 11.6 Å². The number of aryl methyl sites for hydroxylation is 1. The molecular weight excluding hydrogens is 473 g/mol. The van der Waals surface area contributed by atoms with Crippen molar-refractivity contribution in [2.75, 3.05) is 26.3 Å². The Morgan fingerprint density at radius 3 is 2.50 bits per heavy atom.